The van der Waals surface area contributed by atoms with Gasteiger partial charge >= 0.3 is 0 Å². The second-order valence-corrected chi connectivity index (χ2v) is 6.61. The van der Waals surface area contributed by atoms with Gasteiger partial charge in [-0.05, 0) is 22.4 Å². The summed E-state index contributed by atoms with van der Waals surface area (Å²) in [5, 5.41) is 6.75. The molecule has 2 aromatic carbocycles. The summed E-state index contributed by atoms with van der Waals surface area (Å²) in [6, 6.07) is 14.2. The van der Waals surface area contributed by atoms with E-state index in [1.165, 1.54) is 21.8 Å². The number of hydrogen-bond donors (Lipinski definition) is 0. The zero-order chi connectivity index (χ0) is 19.0. The second-order valence-electron chi connectivity index (χ2n) is 6.61. The fourth-order valence-electron chi connectivity index (χ4n) is 3.14. The molecule has 1 amide bonds. The Kier molecular flexibility index (Phi) is 4.19. The Bertz CT molecular complexity index is 1210. The standard InChI is InChI=1S/C20H19N5O2/c1-23(11-14-7-8-15-5-3-4-6-16(15)9-14)18(26)12-25-13-21-19-17(20(25)27)10-22-24(19)2/h3-10,13H,11-12H2,1-2H3. The first-order valence-electron chi connectivity index (χ1n) is 8.62. The quantitative estimate of drug-likeness (QED) is 0.557. The van der Waals surface area contributed by atoms with Gasteiger partial charge in [0.15, 0.2) is 5.65 Å². The largest absolute Gasteiger partial charge is 0.340 e. The number of carbonyl (C=O) groups is 1. The van der Waals surface area contributed by atoms with Crippen molar-refractivity contribution < 1.29 is 4.79 Å². The molecule has 0 N–H and O–H groups in total. The molecule has 4 aromatic rings. The predicted molar refractivity (Wildman–Crippen MR) is 103 cm³/mol. The van der Waals surface area contributed by atoms with Crippen LogP contribution in [0, 0.1) is 0 Å². The van der Waals surface area contributed by atoms with Crippen LogP contribution in [-0.2, 0) is 24.9 Å². The Labute approximate surface area is 155 Å². The molecule has 2 aromatic heterocycles. The molecule has 0 aliphatic heterocycles. The van der Waals surface area contributed by atoms with Crippen LogP contribution in [0.15, 0.2) is 59.8 Å². The number of likely N-dealkylation sites (N-methyl/N-ethyl adjacent to an activating group) is 1. The van der Waals surface area contributed by atoms with Crippen molar-refractivity contribution in [3.05, 3.63) is 70.9 Å². The van der Waals surface area contributed by atoms with Crippen LogP contribution in [0.25, 0.3) is 21.8 Å². The van der Waals surface area contributed by atoms with Crippen molar-refractivity contribution >= 4 is 27.7 Å². The molecule has 0 spiro atoms. The zero-order valence-corrected chi connectivity index (χ0v) is 15.2. The van der Waals surface area contributed by atoms with Crippen molar-refractivity contribution in [3.63, 3.8) is 0 Å². The molecule has 136 valence electrons. The van der Waals surface area contributed by atoms with Gasteiger partial charge in [0.25, 0.3) is 5.56 Å². The summed E-state index contributed by atoms with van der Waals surface area (Å²) in [6.45, 7) is 0.418. The van der Waals surface area contributed by atoms with Gasteiger partial charge in [-0.25, -0.2) is 4.98 Å². The number of aromatic nitrogens is 4. The highest BCUT2D eigenvalue weighted by atomic mass is 16.2. The third-order valence-corrected chi connectivity index (χ3v) is 4.68. The van der Waals surface area contributed by atoms with Crippen LogP contribution in [0.4, 0.5) is 0 Å². The Hall–Kier alpha value is -3.48. The Morgan fingerprint density at radius 1 is 1.15 bits per heavy atom. The van der Waals surface area contributed by atoms with Gasteiger partial charge in [-0.15, -0.1) is 0 Å². The fraction of sp³-hybridized carbons (Fsp3) is 0.200. The third kappa shape index (κ3) is 3.19. The maximum absolute atomic E-state index is 12.6. The van der Waals surface area contributed by atoms with Crippen molar-refractivity contribution in [2.45, 2.75) is 13.1 Å². The van der Waals surface area contributed by atoms with E-state index in [1.54, 1.807) is 19.0 Å². The molecule has 0 aliphatic carbocycles. The molecule has 0 saturated heterocycles. The summed E-state index contributed by atoms with van der Waals surface area (Å²) in [6.07, 6.45) is 2.87. The molecular formula is C20H19N5O2. The average molecular weight is 361 g/mol. The minimum absolute atomic E-state index is 0.0548. The van der Waals surface area contributed by atoms with Gasteiger partial charge in [-0.1, -0.05) is 36.4 Å². The van der Waals surface area contributed by atoms with Crippen LogP contribution >= 0.6 is 0 Å². The summed E-state index contributed by atoms with van der Waals surface area (Å²) in [4.78, 5) is 30.9. The highest BCUT2D eigenvalue weighted by molar-refractivity contribution is 5.83. The van der Waals surface area contributed by atoms with E-state index in [2.05, 4.69) is 28.3 Å². The van der Waals surface area contributed by atoms with Gasteiger partial charge < -0.3 is 4.90 Å². The van der Waals surface area contributed by atoms with E-state index >= 15 is 0 Å². The van der Waals surface area contributed by atoms with Gasteiger partial charge in [0.05, 0.1) is 6.20 Å². The number of carbonyl (C=O) groups excluding carboxylic acids is 1. The minimum Gasteiger partial charge on any atom is -0.340 e. The SMILES string of the molecule is CN(Cc1ccc2ccccc2c1)C(=O)Cn1cnc2c(cnn2C)c1=O. The topological polar surface area (TPSA) is 73.0 Å². The number of fused-ring (bicyclic) bond motifs is 2. The molecule has 7 heteroatoms. The number of rotatable bonds is 4. The Morgan fingerprint density at radius 3 is 2.74 bits per heavy atom. The molecule has 0 radical (unpaired) electrons. The zero-order valence-electron chi connectivity index (χ0n) is 15.2. The van der Waals surface area contributed by atoms with E-state index < -0.39 is 0 Å². The third-order valence-electron chi connectivity index (χ3n) is 4.68. The molecule has 0 fully saturated rings. The van der Waals surface area contributed by atoms with E-state index in [-0.39, 0.29) is 18.0 Å². The number of benzene rings is 2. The average Bonchev–Trinajstić information content (AvgIpc) is 3.05. The number of aryl methyl sites for hydroxylation is 1. The molecule has 27 heavy (non-hydrogen) atoms. The molecule has 0 atom stereocenters. The first kappa shape index (κ1) is 17.0. The lowest BCUT2D eigenvalue weighted by atomic mass is 10.1. The van der Waals surface area contributed by atoms with Crippen LogP contribution in [0.1, 0.15) is 5.56 Å². The Balaban J connectivity index is 1.52. The van der Waals surface area contributed by atoms with Gasteiger partial charge in [0.2, 0.25) is 5.91 Å². The smallest absolute Gasteiger partial charge is 0.264 e. The lowest BCUT2D eigenvalue weighted by Gasteiger charge is -2.18. The molecule has 0 aliphatic rings. The number of amides is 1. The molecular weight excluding hydrogens is 342 g/mol. The minimum atomic E-state index is -0.263. The maximum atomic E-state index is 12.6. The first-order valence-corrected chi connectivity index (χ1v) is 8.62. The lowest BCUT2D eigenvalue weighted by Crippen LogP contribution is -2.33. The lowest BCUT2D eigenvalue weighted by molar-refractivity contribution is -0.131. The molecule has 0 bridgehead atoms. The van der Waals surface area contributed by atoms with Crippen molar-refractivity contribution in [1.29, 1.82) is 0 Å². The van der Waals surface area contributed by atoms with E-state index in [1.807, 2.05) is 24.3 Å². The highest BCUT2D eigenvalue weighted by Crippen LogP contribution is 2.16. The molecule has 0 unspecified atom stereocenters. The van der Waals surface area contributed by atoms with E-state index in [9.17, 15) is 9.59 Å². The van der Waals surface area contributed by atoms with E-state index in [0.717, 1.165) is 16.3 Å². The van der Waals surface area contributed by atoms with Crippen LogP contribution < -0.4 is 5.56 Å². The summed E-state index contributed by atoms with van der Waals surface area (Å²) in [7, 11) is 3.46. The van der Waals surface area contributed by atoms with Crippen LogP contribution in [-0.4, -0.2) is 37.2 Å². The second kappa shape index (κ2) is 6.68. The van der Waals surface area contributed by atoms with Crippen LogP contribution in [0.5, 0.6) is 0 Å². The molecule has 0 saturated carbocycles. The first-order chi connectivity index (χ1) is 13.0. The van der Waals surface area contributed by atoms with E-state index in [0.29, 0.717) is 17.6 Å². The maximum Gasteiger partial charge on any atom is 0.264 e. The van der Waals surface area contributed by atoms with Crippen LogP contribution in [0.2, 0.25) is 0 Å². The summed E-state index contributed by atoms with van der Waals surface area (Å²) in [5.41, 5.74) is 1.28. The van der Waals surface area contributed by atoms with Gasteiger partial charge in [-0.3, -0.25) is 18.8 Å². The van der Waals surface area contributed by atoms with Crippen LogP contribution in [0.3, 0.4) is 0 Å². The fourth-order valence-corrected chi connectivity index (χ4v) is 3.14. The van der Waals surface area contributed by atoms with Crippen molar-refractivity contribution in [2.75, 3.05) is 7.05 Å². The van der Waals surface area contributed by atoms with Crippen molar-refractivity contribution in [2.24, 2.45) is 7.05 Å². The van der Waals surface area contributed by atoms with E-state index in [4.69, 9.17) is 0 Å². The highest BCUT2D eigenvalue weighted by Gasteiger charge is 2.14. The monoisotopic (exact) mass is 361 g/mol. The normalized spacial score (nSPS) is 11.2. The van der Waals surface area contributed by atoms with Gasteiger partial charge in [0, 0.05) is 20.6 Å². The molecule has 7 nitrogen and oxygen atoms in total. The Morgan fingerprint density at radius 2 is 1.93 bits per heavy atom. The van der Waals surface area contributed by atoms with Gasteiger partial charge in [0.1, 0.15) is 18.3 Å². The summed E-state index contributed by atoms with van der Waals surface area (Å²) >= 11 is 0. The summed E-state index contributed by atoms with van der Waals surface area (Å²) < 4.78 is 2.86. The van der Waals surface area contributed by atoms with Crippen molar-refractivity contribution in [1.82, 2.24) is 24.2 Å². The predicted octanol–water partition coefficient (Wildman–Crippen LogP) is 1.94. The molecule has 4 rings (SSSR count). The molecule has 2 heterocycles. The summed E-state index contributed by atoms with van der Waals surface area (Å²) in [5.74, 6) is -0.157. The number of hydrogen-bond acceptors (Lipinski definition) is 4. The van der Waals surface area contributed by atoms with Gasteiger partial charge in [-0.2, -0.15) is 5.10 Å². The van der Waals surface area contributed by atoms with Crippen molar-refractivity contribution in [3.8, 4) is 0 Å². The number of nitrogens with zero attached hydrogens (tertiary/aromatic N) is 5.